The molecule has 0 aliphatic carbocycles. The lowest BCUT2D eigenvalue weighted by atomic mass is 10.0. The minimum Gasteiger partial charge on any atom is -0.394 e. The van der Waals surface area contributed by atoms with Gasteiger partial charge in [0.05, 0.1) is 92.5 Å². The predicted molar refractivity (Wildman–Crippen MR) is 139 cm³/mol. The Morgan fingerprint density at radius 3 is 0.810 bits per heavy atom. The zero-order valence-electron chi connectivity index (χ0n) is 23.5. The van der Waals surface area contributed by atoms with Crippen LogP contribution >= 0.6 is 0 Å². The van der Waals surface area contributed by atoms with E-state index in [2.05, 4.69) is 0 Å². The van der Waals surface area contributed by atoms with Crippen molar-refractivity contribution in [2.45, 2.75) is 61.0 Å². The molecule has 6 unspecified atom stereocenters. The summed E-state index contributed by atoms with van der Waals surface area (Å²) in [7, 11) is 0. The Morgan fingerprint density at radius 2 is 0.548 bits per heavy atom. The summed E-state index contributed by atoms with van der Waals surface area (Å²) in [4.78, 5) is 0. The summed E-state index contributed by atoms with van der Waals surface area (Å²) in [5.41, 5.74) is 0. The van der Waals surface area contributed by atoms with Crippen molar-refractivity contribution in [3.63, 3.8) is 0 Å². The fourth-order valence-corrected chi connectivity index (χ4v) is 3.17. The molecule has 0 radical (unpaired) electrons. The molecule has 12 N–H and O–H groups in total. The van der Waals surface area contributed by atoms with Crippen LogP contribution in [-0.4, -0.2) is 215 Å². The lowest BCUT2D eigenvalue weighted by molar-refractivity contribution is -0.218. The maximum Gasteiger partial charge on any atom is 0.115 e. The molecular formula is C24H50O18. The molecule has 0 fully saturated rings. The van der Waals surface area contributed by atoms with Gasteiger partial charge < -0.3 is 89.7 Å². The van der Waals surface area contributed by atoms with Crippen molar-refractivity contribution in [3.8, 4) is 0 Å². The van der Waals surface area contributed by atoms with Gasteiger partial charge in [-0.05, 0) is 0 Å². The zero-order chi connectivity index (χ0) is 31.9. The lowest BCUT2D eigenvalue weighted by Gasteiger charge is -2.38. The van der Waals surface area contributed by atoms with Crippen molar-refractivity contribution in [2.75, 3.05) is 92.5 Å². The largest absolute Gasteiger partial charge is 0.394 e. The number of hydrogen-bond donors (Lipinski definition) is 12. The van der Waals surface area contributed by atoms with Gasteiger partial charge in [0.25, 0.3) is 0 Å². The van der Waals surface area contributed by atoms with Gasteiger partial charge >= 0.3 is 0 Å². The Kier molecular flexibility index (Phi) is 25.2. The van der Waals surface area contributed by atoms with Crippen molar-refractivity contribution in [3.05, 3.63) is 0 Å². The van der Waals surface area contributed by atoms with Crippen molar-refractivity contribution in [1.82, 2.24) is 0 Å². The first-order chi connectivity index (χ1) is 20.1. The van der Waals surface area contributed by atoms with E-state index in [1.165, 1.54) is 0 Å². The summed E-state index contributed by atoms with van der Waals surface area (Å²) in [5, 5.41) is 114. The third kappa shape index (κ3) is 18.8. The summed E-state index contributed by atoms with van der Waals surface area (Å²) in [6.07, 6.45) is -13.4. The van der Waals surface area contributed by atoms with E-state index in [0.29, 0.717) is 0 Å². The van der Waals surface area contributed by atoms with E-state index in [9.17, 15) is 51.1 Å². The van der Waals surface area contributed by atoms with Gasteiger partial charge in [-0.25, -0.2) is 0 Å². The van der Waals surface area contributed by atoms with E-state index in [1.807, 2.05) is 0 Å². The van der Waals surface area contributed by atoms with E-state index >= 15 is 0 Å². The fraction of sp³-hybridized carbons (Fsp3) is 1.00. The average molecular weight is 627 g/mol. The molecule has 0 aromatic heterocycles. The summed E-state index contributed by atoms with van der Waals surface area (Å²) in [6.45, 7) is -7.59. The molecule has 254 valence electrons. The molecule has 0 aliphatic rings. The first kappa shape index (κ1) is 41.3. The van der Waals surface area contributed by atoms with Gasteiger partial charge in [0, 0.05) is 0 Å². The predicted octanol–water partition coefficient (Wildman–Crippen LogP) is -7.32. The molecule has 10 atom stereocenters. The summed E-state index contributed by atoms with van der Waals surface area (Å²) < 4.78 is 33.9. The van der Waals surface area contributed by atoms with Crippen LogP contribution in [0.3, 0.4) is 0 Å². The van der Waals surface area contributed by atoms with Crippen LogP contribution in [-0.2, 0) is 28.4 Å². The van der Waals surface area contributed by atoms with Crippen LogP contribution in [0.1, 0.15) is 0 Å². The minimum atomic E-state index is -1.40. The molecule has 0 rings (SSSR count). The van der Waals surface area contributed by atoms with Crippen molar-refractivity contribution in [2.24, 2.45) is 0 Å². The van der Waals surface area contributed by atoms with Crippen LogP contribution in [0, 0.1) is 0 Å². The number of aliphatic hydroxyl groups is 12. The van der Waals surface area contributed by atoms with E-state index in [4.69, 9.17) is 38.6 Å². The zero-order valence-corrected chi connectivity index (χ0v) is 23.5. The number of hydrogen-bond acceptors (Lipinski definition) is 18. The van der Waals surface area contributed by atoms with Crippen LogP contribution in [0.25, 0.3) is 0 Å². The standard InChI is InChI=1S/C24H50O18/c25-1-15(31)7-37-13-21(39-9-17(33)3-27)23(41-11-19(35)5-29)24(42-12-20(36)6-30)22(40-10-18(34)4-28)14-38-8-16(32)2-26/h15-36H,1-14H2/t15?,16?,17?,18?,19?,20?,21-,22+,23-,24-/m1/s1. The van der Waals surface area contributed by atoms with Crippen LogP contribution in [0.2, 0.25) is 0 Å². The lowest BCUT2D eigenvalue weighted by Crippen LogP contribution is -2.54. The third-order valence-corrected chi connectivity index (χ3v) is 5.47. The fourth-order valence-electron chi connectivity index (χ4n) is 3.17. The second-order valence-electron chi connectivity index (χ2n) is 9.43. The van der Waals surface area contributed by atoms with Crippen LogP contribution in [0.5, 0.6) is 0 Å². The molecule has 0 amide bonds. The number of aliphatic hydroxyl groups excluding tert-OH is 12. The SMILES string of the molecule is OCC(O)COC[C@H](OCC(O)CO)[C@@H](OCC(O)CO)[C@H](OCC(O)CO)[C@@H](COCC(O)CO)OCC(O)CO. The van der Waals surface area contributed by atoms with Gasteiger partial charge in [-0.3, -0.25) is 0 Å². The van der Waals surface area contributed by atoms with Crippen molar-refractivity contribution in [1.29, 1.82) is 0 Å². The van der Waals surface area contributed by atoms with Gasteiger partial charge in [0.15, 0.2) is 0 Å². The molecule has 0 aliphatic heterocycles. The highest BCUT2D eigenvalue weighted by molar-refractivity contribution is 4.88. The Labute approximate surface area is 243 Å². The molecule has 18 nitrogen and oxygen atoms in total. The normalized spacial score (nSPS) is 19.4. The van der Waals surface area contributed by atoms with Crippen LogP contribution in [0.4, 0.5) is 0 Å². The molecule has 0 aromatic carbocycles. The summed E-state index contributed by atoms with van der Waals surface area (Å²) >= 11 is 0. The van der Waals surface area contributed by atoms with Gasteiger partial charge in [0.2, 0.25) is 0 Å². The van der Waals surface area contributed by atoms with Gasteiger partial charge in [0.1, 0.15) is 61.0 Å². The third-order valence-electron chi connectivity index (χ3n) is 5.47. The van der Waals surface area contributed by atoms with Gasteiger partial charge in [-0.1, -0.05) is 0 Å². The second-order valence-corrected chi connectivity index (χ2v) is 9.43. The highest BCUT2D eigenvalue weighted by atomic mass is 16.6. The highest BCUT2D eigenvalue weighted by Crippen LogP contribution is 2.21. The molecule has 0 saturated carbocycles. The van der Waals surface area contributed by atoms with Crippen LogP contribution in [0.15, 0.2) is 0 Å². The monoisotopic (exact) mass is 626 g/mol. The van der Waals surface area contributed by atoms with E-state index in [0.717, 1.165) is 0 Å². The topological polar surface area (TPSA) is 298 Å². The second kappa shape index (κ2) is 25.6. The van der Waals surface area contributed by atoms with Crippen molar-refractivity contribution < 1.29 is 89.7 Å². The Bertz CT molecular complexity index is 556. The molecule has 0 spiro atoms. The molecule has 0 aromatic rings. The summed E-state index contributed by atoms with van der Waals surface area (Å²) in [5.74, 6) is 0. The minimum absolute atomic E-state index is 0.371. The average Bonchev–Trinajstić information content (AvgIpc) is 3.01. The first-order valence-electron chi connectivity index (χ1n) is 13.4. The molecule has 0 heterocycles. The quantitative estimate of drug-likeness (QED) is 0.0367. The Balaban J connectivity index is 6.48. The molecule has 42 heavy (non-hydrogen) atoms. The molecule has 18 heteroatoms. The van der Waals surface area contributed by atoms with E-state index in [-0.39, 0.29) is 13.2 Å². The van der Waals surface area contributed by atoms with Gasteiger partial charge in [-0.15, -0.1) is 0 Å². The van der Waals surface area contributed by atoms with Crippen LogP contribution < -0.4 is 0 Å². The summed E-state index contributed by atoms with van der Waals surface area (Å²) in [6, 6.07) is 0. The number of ether oxygens (including phenoxy) is 6. The highest BCUT2D eigenvalue weighted by Gasteiger charge is 2.40. The smallest absolute Gasteiger partial charge is 0.115 e. The molecular weight excluding hydrogens is 576 g/mol. The maximum atomic E-state index is 9.98. The maximum absolute atomic E-state index is 9.98. The van der Waals surface area contributed by atoms with E-state index < -0.39 is 140 Å². The Morgan fingerprint density at radius 1 is 0.310 bits per heavy atom. The molecule has 0 bridgehead atoms. The van der Waals surface area contributed by atoms with Gasteiger partial charge in [-0.2, -0.15) is 0 Å². The Hall–Kier alpha value is -0.720. The first-order valence-corrected chi connectivity index (χ1v) is 13.4. The van der Waals surface area contributed by atoms with Crippen molar-refractivity contribution >= 4 is 0 Å². The number of rotatable bonds is 29. The van der Waals surface area contributed by atoms with E-state index in [1.54, 1.807) is 0 Å². The molecule has 0 saturated heterocycles.